The molecule has 0 radical (unpaired) electrons. The predicted octanol–water partition coefficient (Wildman–Crippen LogP) is 5.19. The van der Waals surface area contributed by atoms with E-state index in [1.807, 2.05) is 53.7 Å². The summed E-state index contributed by atoms with van der Waals surface area (Å²) in [6.45, 7) is 13.0. The zero-order chi connectivity index (χ0) is 26.7. The SMILES string of the molecule is CC(C)Oc1ccc(-c2nc(-c3ccc4c(c3)CCN(C(C)C(=O)OC(C)(C)C)CC4)no2)cc1C#N. The normalized spacial score (nSPS) is 15.0. The van der Waals surface area contributed by atoms with Gasteiger partial charge in [-0.3, -0.25) is 9.69 Å². The third kappa shape index (κ3) is 6.36. The van der Waals surface area contributed by atoms with Gasteiger partial charge in [0.15, 0.2) is 0 Å². The first kappa shape index (κ1) is 26.4. The molecule has 0 aliphatic carbocycles. The van der Waals surface area contributed by atoms with E-state index in [1.54, 1.807) is 12.1 Å². The van der Waals surface area contributed by atoms with E-state index >= 15 is 0 Å². The van der Waals surface area contributed by atoms with E-state index in [4.69, 9.17) is 14.0 Å². The minimum Gasteiger partial charge on any atom is -0.490 e. The van der Waals surface area contributed by atoms with E-state index in [0.29, 0.717) is 28.6 Å². The molecule has 194 valence electrons. The number of aromatic nitrogens is 2. The second kappa shape index (κ2) is 10.7. The van der Waals surface area contributed by atoms with Crippen molar-refractivity contribution in [3.8, 4) is 34.7 Å². The van der Waals surface area contributed by atoms with Crippen LogP contribution in [0.15, 0.2) is 40.9 Å². The first-order valence-electron chi connectivity index (χ1n) is 12.7. The number of nitrogens with zero attached hydrogens (tertiary/aromatic N) is 4. The molecule has 8 nitrogen and oxygen atoms in total. The molecular formula is C29H34N4O4. The van der Waals surface area contributed by atoms with Crippen molar-refractivity contribution in [2.75, 3.05) is 13.1 Å². The molecule has 0 bridgehead atoms. The molecule has 0 amide bonds. The number of fused-ring (bicyclic) bond motifs is 1. The summed E-state index contributed by atoms with van der Waals surface area (Å²) in [4.78, 5) is 19.4. The van der Waals surface area contributed by atoms with Crippen molar-refractivity contribution in [3.05, 3.63) is 53.1 Å². The molecule has 1 aromatic heterocycles. The zero-order valence-corrected chi connectivity index (χ0v) is 22.4. The van der Waals surface area contributed by atoms with Crippen LogP contribution in [0.3, 0.4) is 0 Å². The van der Waals surface area contributed by atoms with Crippen molar-refractivity contribution >= 4 is 5.97 Å². The Labute approximate surface area is 218 Å². The second-order valence-corrected chi connectivity index (χ2v) is 10.6. The van der Waals surface area contributed by atoms with Gasteiger partial charge in [-0.1, -0.05) is 17.3 Å². The molecule has 2 aromatic carbocycles. The van der Waals surface area contributed by atoms with Gasteiger partial charge in [0, 0.05) is 24.2 Å². The lowest BCUT2D eigenvalue weighted by atomic mass is 10.00. The van der Waals surface area contributed by atoms with Crippen LogP contribution in [-0.2, 0) is 22.4 Å². The summed E-state index contributed by atoms with van der Waals surface area (Å²) >= 11 is 0. The molecule has 0 fully saturated rings. The monoisotopic (exact) mass is 502 g/mol. The molecule has 1 aliphatic rings. The first-order valence-corrected chi connectivity index (χ1v) is 12.7. The average molecular weight is 503 g/mol. The standard InChI is InChI=1S/C29H34N4O4/c1-18(2)35-25-10-9-23(16-24(25)17-30)27-31-26(32-37-27)22-8-7-20-11-13-33(14-12-21(20)15-22)19(3)28(34)36-29(4,5)6/h7-10,15-16,18-19H,11-14H2,1-6H3. The van der Waals surface area contributed by atoms with Crippen LogP contribution in [-0.4, -0.2) is 51.8 Å². The Morgan fingerprint density at radius 2 is 1.76 bits per heavy atom. The predicted molar refractivity (Wildman–Crippen MR) is 140 cm³/mol. The summed E-state index contributed by atoms with van der Waals surface area (Å²) in [5, 5.41) is 13.7. The number of nitriles is 1. The molecule has 1 aliphatic heterocycles. The number of carbonyl (C=O) groups excluding carboxylic acids is 1. The molecule has 0 N–H and O–H groups in total. The molecular weight excluding hydrogens is 468 g/mol. The molecule has 8 heteroatoms. The Bertz CT molecular complexity index is 1320. The van der Waals surface area contributed by atoms with E-state index < -0.39 is 5.60 Å². The Morgan fingerprint density at radius 3 is 2.43 bits per heavy atom. The quantitative estimate of drug-likeness (QED) is 0.424. The van der Waals surface area contributed by atoms with Gasteiger partial charge in [0.2, 0.25) is 5.82 Å². The minimum atomic E-state index is -0.501. The molecule has 1 unspecified atom stereocenters. The second-order valence-electron chi connectivity index (χ2n) is 10.6. The lowest BCUT2D eigenvalue weighted by molar-refractivity contribution is -0.160. The molecule has 3 aromatic rings. The Balaban J connectivity index is 1.50. The average Bonchev–Trinajstić information content (AvgIpc) is 3.23. The summed E-state index contributed by atoms with van der Waals surface area (Å²) in [5.41, 5.74) is 3.91. The van der Waals surface area contributed by atoms with E-state index in [0.717, 1.165) is 31.5 Å². The third-order valence-electron chi connectivity index (χ3n) is 6.23. The molecule has 0 spiro atoms. The fourth-order valence-electron chi connectivity index (χ4n) is 4.37. The van der Waals surface area contributed by atoms with Crippen LogP contribution in [0.2, 0.25) is 0 Å². The van der Waals surface area contributed by atoms with Crippen molar-refractivity contribution in [3.63, 3.8) is 0 Å². The smallest absolute Gasteiger partial charge is 0.323 e. The van der Waals surface area contributed by atoms with E-state index in [9.17, 15) is 10.1 Å². The van der Waals surface area contributed by atoms with Crippen LogP contribution in [0.4, 0.5) is 0 Å². The summed E-state index contributed by atoms with van der Waals surface area (Å²) in [5.74, 6) is 1.17. The lowest BCUT2D eigenvalue weighted by Crippen LogP contribution is -2.43. The topological polar surface area (TPSA) is 101 Å². The number of carbonyl (C=O) groups is 1. The highest BCUT2D eigenvalue weighted by Gasteiger charge is 2.28. The number of hydrogen-bond acceptors (Lipinski definition) is 8. The van der Waals surface area contributed by atoms with Crippen molar-refractivity contribution in [2.45, 2.75) is 72.1 Å². The Morgan fingerprint density at radius 1 is 1.05 bits per heavy atom. The zero-order valence-electron chi connectivity index (χ0n) is 22.4. The maximum absolute atomic E-state index is 12.6. The summed E-state index contributed by atoms with van der Waals surface area (Å²) in [7, 11) is 0. The highest BCUT2D eigenvalue weighted by atomic mass is 16.6. The van der Waals surface area contributed by atoms with Crippen molar-refractivity contribution < 1.29 is 18.8 Å². The van der Waals surface area contributed by atoms with Gasteiger partial charge in [0.05, 0.1) is 11.7 Å². The summed E-state index contributed by atoms with van der Waals surface area (Å²) < 4.78 is 16.8. The van der Waals surface area contributed by atoms with Crippen LogP contribution in [0.1, 0.15) is 58.2 Å². The molecule has 4 rings (SSSR count). The van der Waals surface area contributed by atoms with Crippen molar-refractivity contribution in [1.29, 1.82) is 5.26 Å². The third-order valence-corrected chi connectivity index (χ3v) is 6.23. The van der Waals surface area contributed by atoms with Crippen LogP contribution >= 0.6 is 0 Å². The van der Waals surface area contributed by atoms with Crippen LogP contribution in [0, 0.1) is 11.3 Å². The molecule has 2 heterocycles. The van der Waals surface area contributed by atoms with E-state index in [1.165, 1.54) is 11.1 Å². The van der Waals surface area contributed by atoms with Crippen molar-refractivity contribution in [2.24, 2.45) is 0 Å². The highest BCUT2D eigenvalue weighted by molar-refractivity contribution is 5.75. The van der Waals surface area contributed by atoms with E-state index in [2.05, 4.69) is 33.2 Å². The fraction of sp³-hybridized carbons (Fsp3) is 0.448. The Kier molecular flexibility index (Phi) is 7.65. The maximum Gasteiger partial charge on any atom is 0.323 e. The number of ether oxygens (including phenoxy) is 2. The Hall–Kier alpha value is -3.70. The number of esters is 1. The number of rotatable bonds is 6. The van der Waals surface area contributed by atoms with Crippen LogP contribution < -0.4 is 4.74 Å². The highest BCUT2D eigenvalue weighted by Crippen LogP contribution is 2.29. The summed E-state index contributed by atoms with van der Waals surface area (Å²) in [6.07, 6.45) is 1.63. The lowest BCUT2D eigenvalue weighted by Gasteiger charge is -2.29. The number of hydrogen-bond donors (Lipinski definition) is 0. The first-order chi connectivity index (χ1) is 17.5. The van der Waals surface area contributed by atoms with Gasteiger partial charge in [-0.25, -0.2) is 0 Å². The van der Waals surface area contributed by atoms with Gasteiger partial charge in [-0.05, 0) is 89.8 Å². The van der Waals surface area contributed by atoms with Gasteiger partial charge >= 0.3 is 5.97 Å². The minimum absolute atomic E-state index is 0.0335. The molecule has 0 saturated heterocycles. The molecule has 37 heavy (non-hydrogen) atoms. The van der Waals surface area contributed by atoms with E-state index in [-0.39, 0.29) is 18.1 Å². The summed E-state index contributed by atoms with van der Waals surface area (Å²) in [6, 6.07) is 13.3. The largest absolute Gasteiger partial charge is 0.490 e. The van der Waals surface area contributed by atoms with Gasteiger partial charge in [0.1, 0.15) is 23.5 Å². The molecule has 1 atom stereocenters. The van der Waals surface area contributed by atoms with Gasteiger partial charge in [-0.2, -0.15) is 10.2 Å². The fourth-order valence-corrected chi connectivity index (χ4v) is 4.37. The van der Waals surface area contributed by atoms with Crippen molar-refractivity contribution in [1.82, 2.24) is 15.0 Å². The van der Waals surface area contributed by atoms with Gasteiger partial charge < -0.3 is 14.0 Å². The van der Waals surface area contributed by atoms with Crippen LogP contribution in [0.25, 0.3) is 22.8 Å². The van der Waals surface area contributed by atoms with Gasteiger partial charge in [-0.15, -0.1) is 0 Å². The maximum atomic E-state index is 12.6. The van der Waals surface area contributed by atoms with Crippen LogP contribution in [0.5, 0.6) is 5.75 Å². The van der Waals surface area contributed by atoms with Gasteiger partial charge in [0.25, 0.3) is 5.89 Å². The number of benzene rings is 2. The molecule has 0 saturated carbocycles.